The highest BCUT2D eigenvalue weighted by atomic mass is 16.7. The Bertz CT molecular complexity index is 825. The maximum atomic E-state index is 12.8. The van der Waals surface area contributed by atoms with E-state index in [1.165, 1.54) is 19.4 Å². The van der Waals surface area contributed by atoms with Crippen molar-refractivity contribution in [2.24, 2.45) is 5.92 Å². The number of carbonyl (C=O) groups excluding carboxylic acids is 4. The molecule has 2 atom stereocenters. The first kappa shape index (κ1) is 23.9. The molecule has 1 saturated heterocycles. The maximum Gasteiger partial charge on any atom is 0.332 e. The predicted octanol–water partition coefficient (Wildman–Crippen LogP) is 0.993. The number of ether oxygens (including phenoxy) is 5. The SMILES string of the molecule is COc1ccnc(C(=O)N[C@H]2COC(=O)CC[C@H](C)OC2=O)c1OCOC(=O)C(C)C. The van der Waals surface area contributed by atoms with Crippen LogP contribution in [0.1, 0.15) is 44.1 Å². The highest BCUT2D eigenvalue weighted by Gasteiger charge is 2.30. The van der Waals surface area contributed by atoms with E-state index in [9.17, 15) is 19.2 Å². The van der Waals surface area contributed by atoms with E-state index < -0.39 is 42.8 Å². The minimum Gasteiger partial charge on any atom is -0.493 e. The fourth-order valence-electron chi connectivity index (χ4n) is 2.51. The van der Waals surface area contributed by atoms with Crippen molar-refractivity contribution in [3.63, 3.8) is 0 Å². The molecule has 0 aliphatic carbocycles. The van der Waals surface area contributed by atoms with Crippen molar-refractivity contribution in [1.82, 2.24) is 10.3 Å². The van der Waals surface area contributed by atoms with Gasteiger partial charge in [-0.15, -0.1) is 0 Å². The highest BCUT2D eigenvalue weighted by molar-refractivity contribution is 5.98. The van der Waals surface area contributed by atoms with Gasteiger partial charge in [-0.1, -0.05) is 13.8 Å². The molecule has 1 aromatic rings. The molecular formula is C20H26N2O9. The van der Waals surface area contributed by atoms with Gasteiger partial charge in [0.15, 0.2) is 23.2 Å². The van der Waals surface area contributed by atoms with Crippen LogP contribution in [0.2, 0.25) is 0 Å². The Hall–Kier alpha value is -3.37. The number of aromatic nitrogens is 1. The standard InChI is InChI=1S/C20H26N2O9/c1-11(2)19(25)30-10-29-17-14(27-4)7-8-21-16(17)18(24)22-13-9-28-15(23)6-5-12(3)31-20(13)26/h7-8,11-13H,5-6,9-10H2,1-4H3,(H,22,24)/t12-,13-/m0/s1. The number of cyclic esters (lactones) is 2. The molecule has 11 nitrogen and oxygen atoms in total. The largest absolute Gasteiger partial charge is 0.493 e. The molecule has 0 spiro atoms. The Labute approximate surface area is 179 Å². The number of amides is 1. The van der Waals surface area contributed by atoms with Crippen molar-refractivity contribution >= 4 is 23.8 Å². The molecule has 1 fully saturated rings. The molecule has 1 aliphatic heterocycles. The lowest BCUT2D eigenvalue weighted by Gasteiger charge is -2.19. The van der Waals surface area contributed by atoms with E-state index in [0.717, 1.165) is 0 Å². The monoisotopic (exact) mass is 438 g/mol. The van der Waals surface area contributed by atoms with E-state index >= 15 is 0 Å². The number of hydrogen-bond acceptors (Lipinski definition) is 10. The number of esters is 3. The lowest BCUT2D eigenvalue weighted by molar-refractivity contribution is -0.154. The van der Waals surface area contributed by atoms with Crippen LogP contribution in [0.3, 0.4) is 0 Å². The van der Waals surface area contributed by atoms with Crippen molar-refractivity contribution in [2.45, 2.75) is 45.8 Å². The van der Waals surface area contributed by atoms with Crippen LogP contribution in [0.15, 0.2) is 12.3 Å². The molecule has 1 N–H and O–H groups in total. The minimum atomic E-state index is -1.24. The summed E-state index contributed by atoms with van der Waals surface area (Å²) in [4.78, 5) is 52.5. The van der Waals surface area contributed by atoms with Crippen molar-refractivity contribution in [2.75, 3.05) is 20.5 Å². The first-order valence-electron chi connectivity index (χ1n) is 9.72. The zero-order valence-corrected chi connectivity index (χ0v) is 17.8. The Kier molecular flexibility index (Phi) is 8.59. The van der Waals surface area contributed by atoms with E-state index in [0.29, 0.717) is 6.42 Å². The molecule has 0 saturated carbocycles. The van der Waals surface area contributed by atoms with Crippen LogP contribution in [0.4, 0.5) is 0 Å². The second-order valence-electron chi connectivity index (χ2n) is 7.07. The van der Waals surface area contributed by atoms with Gasteiger partial charge < -0.3 is 29.0 Å². The van der Waals surface area contributed by atoms with E-state index in [-0.39, 0.29) is 36.1 Å². The Morgan fingerprint density at radius 1 is 1.32 bits per heavy atom. The fraction of sp³-hybridized carbons (Fsp3) is 0.550. The molecule has 0 radical (unpaired) electrons. The lowest BCUT2D eigenvalue weighted by Crippen LogP contribution is -2.46. The number of nitrogens with one attached hydrogen (secondary N) is 1. The minimum absolute atomic E-state index is 0.0825. The maximum absolute atomic E-state index is 12.8. The van der Waals surface area contributed by atoms with Crippen molar-refractivity contribution in [3.05, 3.63) is 18.0 Å². The zero-order chi connectivity index (χ0) is 23.0. The van der Waals surface area contributed by atoms with Crippen LogP contribution in [-0.4, -0.2) is 61.5 Å². The zero-order valence-electron chi connectivity index (χ0n) is 17.8. The molecule has 1 aromatic heterocycles. The number of nitrogens with zero attached hydrogens (tertiary/aromatic N) is 1. The molecule has 0 unspecified atom stereocenters. The van der Waals surface area contributed by atoms with Crippen molar-refractivity contribution in [1.29, 1.82) is 0 Å². The molecule has 1 aliphatic rings. The smallest absolute Gasteiger partial charge is 0.332 e. The van der Waals surface area contributed by atoms with Crippen LogP contribution in [0.25, 0.3) is 0 Å². The van der Waals surface area contributed by atoms with E-state index in [1.807, 2.05) is 0 Å². The van der Waals surface area contributed by atoms with Gasteiger partial charge in [-0.2, -0.15) is 0 Å². The number of rotatable bonds is 7. The van der Waals surface area contributed by atoms with Crippen molar-refractivity contribution < 1.29 is 42.9 Å². The molecule has 2 heterocycles. The summed E-state index contributed by atoms with van der Waals surface area (Å²) in [6.07, 6.45) is 1.21. The summed E-state index contributed by atoms with van der Waals surface area (Å²) in [5.74, 6) is -2.81. The predicted molar refractivity (Wildman–Crippen MR) is 104 cm³/mol. The summed E-state index contributed by atoms with van der Waals surface area (Å²) >= 11 is 0. The first-order valence-corrected chi connectivity index (χ1v) is 9.72. The highest BCUT2D eigenvalue weighted by Crippen LogP contribution is 2.29. The van der Waals surface area contributed by atoms with Crippen molar-refractivity contribution in [3.8, 4) is 11.5 Å². The van der Waals surface area contributed by atoms with Gasteiger partial charge >= 0.3 is 17.9 Å². The third-order valence-electron chi connectivity index (χ3n) is 4.25. The third kappa shape index (κ3) is 6.83. The van der Waals surface area contributed by atoms with Gasteiger partial charge in [-0.3, -0.25) is 14.4 Å². The van der Waals surface area contributed by atoms with Crippen LogP contribution in [0, 0.1) is 5.92 Å². The van der Waals surface area contributed by atoms with Gasteiger partial charge in [0.05, 0.1) is 19.1 Å². The fourth-order valence-corrected chi connectivity index (χ4v) is 2.51. The Balaban J connectivity index is 2.18. The molecule has 1 amide bonds. The number of hydrogen-bond donors (Lipinski definition) is 1. The summed E-state index contributed by atoms with van der Waals surface area (Å²) in [6.45, 7) is 4.11. The normalized spacial score (nSPS) is 19.3. The average Bonchev–Trinajstić information content (AvgIpc) is 2.79. The first-order chi connectivity index (χ1) is 14.7. The van der Waals surface area contributed by atoms with Gasteiger partial charge in [0.2, 0.25) is 6.79 Å². The summed E-state index contributed by atoms with van der Waals surface area (Å²) in [5.41, 5.74) is -0.216. The quantitative estimate of drug-likeness (QED) is 0.372. The molecule has 2 rings (SSSR count). The van der Waals surface area contributed by atoms with Gasteiger partial charge in [0.1, 0.15) is 6.61 Å². The average molecular weight is 438 g/mol. The van der Waals surface area contributed by atoms with Crippen LogP contribution < -0.4 is 14.8 Å². The number of carbonyl (C=O) groups is 4. The van der Waals surface area contributed by atoms with Crippen LogP contribution in [0.5, 0.6) is 11.5 Å². The van der Waals surface area contributed by atoms with Gasteiger partial charge in [-0.25, -0.2) is 9.78 Å². The molecule has 0 bridgehead atoms. The summed E-state index contributed by atoms with van der Waals surface area (Å²) in [6, 6.07) is 0.213. The molecule has 31 heavy (non-hydrogen) atoms. The lowest BCUT2D eigenvalue weighted by atomic mass is 10.2. The number of pyridine rings is 1. The van der Waals surface area contributed by atoms with Crippen LogP contribution >= 0.6 is 0 Å². The summed E-state index contributed by atoms with van der Waals surface area (Å²) < 4.78 is 25.8. The number of methoxy groups -OCH3 is 1. The van der Waals surface area contributed by atoms with E-state index in [4.69, 9.17) is 23.7 Å². The molecule has 170 valence electrons. The van der Waals surface area contributed by atoms with E-state index in [1.54, 1.807) is 20.8 Å². The second-order valence-corrected chi connectivity index (χ2v) is 7.07. The van der Waals surface area contributed by atoms with Gasteiger partial charge in [0, 0.05) is 18.7 Å². The third-order valence-corrected chi connectivity index (χ3v) is 4.25. The van der Waals surface area contributed by atoms with Gasteiger partial charge in [-0.05, 0) is 13.3 Å². The summed E-state index contributed by atoms with van der Waals surface area (Å²) in [7, 11) is 1.36. The molecule has 0 aromatic carbocycles. The molecule has 11 heteroatoms. The summed E-state index contributed by atoms with van der Waals surface area (Å²) in [5, 5.41) is 2.43. The van der Waals surface area contributed by atoms with E-state index in [2.05, 4.69) is 10.3 Å². The second kappa shape index (κ2) is 11.1. The Morgan fingerprint density at radius 2 is 2.06 bits per heavy atom. The Morgan fingerprint density at radius 3 is 2.74 bits per heavy atom. The molecular weight excluding hydrogens is 412 g/mol. The van der Waals surface area contributed by atoms with Gasteiger partial charge in [0.25, 0.3) is 5.91 Å². The topological polar surface area (TPSA) is 139 Å². The van der Waals surface area contributed by atoms with Crippen LogP contribution in [-0.2, 0) is 28.6 Å².